The third-order valence-electron chi connectivity index (χ3n) is 24.0. The molecule has 0 saturated heterocycles. The lowest BCUT2D eigenvalue weighted by Crippen LogP contribution is -2.41. The molecule has 740 valence electrons. The number of carbonyl (C=O) groups excluding carboxylic acids is 6. The van der Waals surface area contributed by atoms with E-state index in [2.05, 4.69) is 21.3 Å². The molecular formula is C109H114N14O20. The van der Waals surface area contributed by atoms with Crippen molar-refractivity contribution in [1.82, 2.24) is 29.9 Å². The lowest BCUT2D eigenvalue weighted by molar-refractivity contribution is 0.0585. The number of aryl methyl sites for hydroxylation is 3. The number of anilines is 12. The van der Waals surface area contributed by atoms with Crippen molar-refractivity contribution >= 4 is 169 Å². The van der Waals surface area contributed by atoms with Crippen LogP contribution in [-0.4, -0.2) is 162 Å². The molecule has 0 aliphatic heterocycles. The van der Waals surface area contributed by atoms with Crippen LogP contribution in [-0.2, 0) is 9.47 Å². The van der Waals surface area contributed by atoms with Crippen molar-refractivity contribution in [1.29, 1.82) is 0 Å². The van der Waals surface area contributed by atoms with Crippen molar-refractivity contribution in [3.8, 4) is 46.0 Å². The van der Waals surface area contributed by atoms with Gasteiger partial charge in [-0.05, 0) is 159 Å². The number of hydrogen-bond donors (Lipinski definition) is 4. The summed E-state index contributed by atoms with van der Waals surface area (Å²) in [6.07, 6.45) is 0. The highest BCUT2D eigenvalue weighted by Gasteiger charge is 2.34. The number of carbonyl (C=O) groups is 6. The van der Waals surface area contributed by atoms with E-state index in [1.807, 2.05) is 115 Å². The molecule has 9 aromatic carbocycles. The maximum atomic E-state index is 14.7. The Bertz CT molecular complexity index is 7290. The lowest BCUT2D eigenvalue weighted by atomic mass is 10.0. The Morgan fingerprint density at radius 1 is 0.280 bits per heavy atom. The number of nitrogens with zero attached hydrogens (tertiary/aromatic N) is 10. The first-order valence-corrected chi connectivity index (χ1v) is 46.9. The van der Waals surface area contributed by atoms with Gasteiger partial charge in [0.25, 0.3) is 45.3 Å². The number of amides is 4. The van der Waals surface area contributed by atoms with Gasteiger partial charge in [0.1, 0.15) is 91.8 Å². The summed E-state index contributed by atoms with van der Waals surface area (Å²) in [5.74, 6) is -0.133. The number of esters is 2. The van der Waals surface area contributed by atoms with E-state index in [1.165, 1.54) is 50.4 Å². The minimum absolute atomic E-state index is 0.0190. The third-order valence-corrected chi connectivity index (χ3v) is 24.0. The molecule has 4 N–H and O–H groups in total. The van der Waals surface area contributed by atoms with Crippen LogP contribution in [0.2, 0.25) is 0 Å². The fraction of sp³-hybridized carbons (Fsp3) is 0.321. The zero-order valence-corrected chi connectivity index (χ0v) is 84.1. The number of nitrogens with one attached hydrogen (secondary N) is 4. The third kappa shape index (κ3) is 20.8. The molecule has 15 aromatic rings. The maximum Gasteiger partial charge on any atom is 0.356 e. The first kappa shape index (κ1) is 101. The standard InChI is InChI=1S/C109H114N14O20/c1-53(2)47-138-82-41-76(106(130)110-62-24-28-64(29-25-62)120(16)96-98(102(126)100(96)124)122(18)66-32-34-80(134-20)74(36-66)104(128)118-88-45-86(142-51-57(9)10)72-39-70-84(140-49-55(5)6)43-78(108(132)136-22)114-92(70)60(14)94(72)116-88)112-90-59(13)91-69(38-68(82)90)83(139-48-54(3)4)42-77(113-91)107(131)111-63-26-30-65(31-27-63)121(17)97-99(103(127)101(97)125)123(19)67-33-35-81(135-21)75(37-67)105(129)119-89-46-87(143-52-58(11)12)73-40-71-85(141-50-56(7)8)44-79(109(133)137-23)115-93(71)61(15)95(73)117-89/h24-46,53-58H,47-52H2,1-23H3,(H,110,130)(H,111,131)(H,116,118,128)(H,117,119,129). The Labute approximate surface area is 824 Å². The van der Waals surface area contributed by atoms with Gasteiger partial charge in [-0.15, -0.1) is 0 Å². The normalized spacial score (nSPS) is 11.6. The molecule has 6 heterocycles. The van der Waals surface area contributed by atoms with Gasteiger partial charge in [0.15, 0.2) is 11.4 Å². The number of benzene rings is 7. The van der Waals surface area contributed by atoms with Gasteiger partial charge in [-0.3, -0.25) is 38.4 Å². The van der Waals surface area contributed by atoms with Crippen LogP contribution >= 0.6 is 0 Å². The number of ether oxygens (including phenoxy) is 10. The quantitative estimate of drug-likeness (QED) is 0.0159. The zero-order valence-electron chi connectivity index (χ0n) is 84.1. The van der Waals surface area contributed by atoms with Gasteiger partial charge in [-0.1, -0.05) is 83.1 Å². The molecule has 0 radical (unpaired) electrons. The van der Waals surface area contributed by atoms with Crippen molar-refractivity contribution in [2.45, 2.75) is 104 Å². The van der Waals surface area contributed by atoms with Crippen LogP contribution in [0.15, 0.2) is 159 Å². The number of methoxy groups -OCH3 is 4. The van der Waals surface area contributed by atoms with Crippen LogP contribution in [0.5, 0.6) is 46.0 Å². The van der Waals surface area contributed by atoms with Gasteiger partial charge in [0, 0.05) is 148 Å². The fourth-order valence-corrected chi connectivity index (χ4v) is 16.5. The molecule has 0 fully saturated rings. The van der Waals surface area contributed by atoms with Crippen molar-refractivity contribution in [3.05, 3.63) is 231 Å². The van der Waals surface area contributed by atoms with E-state index >= 15 is 0 Å². The van der Waals surface area contributed by atoms with E-state index < -0.39 is 57.3 Å². The fourth-order valence-electron chi connectivity index (χ4n) is 16.5. The Balaban J connectivity index is 0.648. The highest BCUT2D eigenvalue weighted by atomic mass is 16.5. The molecule has 34 heteroatoms. The predicted octanol–water partition coefficient (Wildman–Crippen LogP) is 19.0. The average molecular weight is 1940 g/mol. The molecule has 6 aromatic heterocycles. The molecule has 0 aliphatic carbocycles. The van der Waals surface area contributed by atoms with Gasteiger partial charge >= 0.3 is 11.9 Å². The van der Waals surface area contributed by atoms with E-state index in [-0.39, 0.29) is 129 Å². The first-order chi connectivity index (χ1) is 68.1. The summed E-state index contributed by atoms with van der Waals surface area (Å²) < 4.78 is 60.0. The molecule has 15 rings (SSSR count). The SMILES string of the molecule is COC(=O)c1cc(OCC(C)C)c2cc3c(OCC(C)C)cc(NC(=O)c4cc(N(C)c5c(N(C)c6ccc(NC(=O)c7cc(OCC(C)C)c8cc9c(OCC(C)C)cc(C(=O)Nc%10ccc(N(C)c%11c(N(C)c%12ccc(OC)c(C(=O)Nc%13cc(OCC(C)C)c%14cc%15c(OCC(C)C)cc(C(=O)OC)nc%15c(C)c%14n%13)c%12)c(=O)c%11=O)cc%10)nc9c(C)c8n7)cc6)c(=O)c5=O)ccc4OC)nc3c(C)c2n1. The van der Waals surface area contributed by atoms with E-state index in [4.69, 9.17) is 77.3 Å². The molecule has 34 nitrogen and oxygen atoms in total. The smallest absolute Gasteiger partial charge is 0.356 e. The van der Waals surface area contributed by atoms with Gasteiger partial charge in [-0.25, -0.2) is 39.5 Å². The molecule has 4 amide bonds. The van der Waals surface area contributed by atoms with Gasteiger partial charge in [0.05, 0.1) is 112 Å². The number of pyridine rings is 6. The Kier molecular flexibility index (Phi) is 29.6. The van der Waals surface area contributed by atoms with Crippen LogP contribution in [0.1, 0.15) is 162 Å². The summed E-state index contributed by atoms with van der Waals surface area (Å²) in [7, 11) is 11.8. The summed E-state index contributed by atoms with van der Waals surface area (Å²) in [5.41, 5.74) is 3.69. The summed E-state index contributed by atoms with van der Waals surface area (Å²) in [6.45, 7) is 31.4. The van der Waals surface area contributed by atoms with Crippen LogP contribution in [0.4, 0.5) is 68.5 Å². The van der Waals surface area contributed by atoms with E-state index in [1.54, 1.807) is 154 Å². The summed E-state index contributed by atoms with van der Waals surface area (Å²) in [6, 6.07) is 37.7. The summed E-state index contributed by atoms with van der Waals surface area (Å²) in [5, 5.41) is 15.3. The minimum atomic E-state index is -0.770. The largest absolute Gasteiger partial charge is 0.496 e. The number of hydrogen-bond acceptors (Lipinski definition) is 30. The second-order valence-corrected chi connectivity index (χ2v) is 37.8. The molecule has 143 heavy (non-hydrogen) atoms. The first-order valence-electron chi connectivity index (χ1n) is 46.9. The average Bonchev–Trinajstić information content (AvgIpc) is 0.836. The highest BCUT2D eigenvalue weighted by Crippen LogP contribution is 2.45. The maximum absolute atomic E-state index is 14.7. The molecule has 0 spiro atoms. The second kappa shape index (κ2) is 41.9. The number of aromatic nitrogens is 6. The van der Waals surface area contributed by atoms with Crippen LogP contribution in [0.3, 0.4) is 0 Å². The Morgan fingerprint density at radius 3 is 0.776 bits per heavy atom. The second-order valence-electron chi connectivity index (χ2n) is 37.8. The lowest BCUT2D eigenvalue weighted by Gasteiger charge is -2.29. The van der Waals surface area contributed by atoms with Crippen LogP contribution in [0.25, 0.3) is 65.4 Å². The van der Waals surface area contributed by atoms with Gasteiger partial charge in [0.2, 0.25) is 0 Å². The number of rotatable bonds is 38. The topological polar surface area (TPSA) is 401 Å². The van der Waals surface area contributed by atoms with Gasteiger partial charge in [-0.2, -0.15) is 0 Å². The van der Waals surface area contributed by atoms with Crippen molar-refractivity contribution in [2.75, 3.05) is 137 Å². The van der Waals surface area contributed by atoms with Crippen molar-refractivity contribution < 1.29 is 76.1 Å². The van der Waals surface area contributed by atoms with Crippen LogP contribution in [0, 0.1) is 56.3 Å². The molecule has 0 bridgehead atoms. The molecular weight excluding hydrogens is 1830 g/mol. The van der Waals surface area contributed by atoms with E-state index in [0.717, 1.165) is 0 Å². The predicted molar refractivity (Wildman–Crippen MR) is 556 cm³/mol. The summed E-state index contributed by atoms with van der Waals surface area (Å²) >= 11 is 0. The molecule has 0 atom stereocenters. The zero-order chi connectivity index (χ0) is 103. The minimum Gasteiger partial charge on any atom is -0.496 e. The molecule has 0 saturated carbocycles. The van der Waals surface area contributed by atoms with Gasteiger partial charge < -0.3 is 88.2 Å². The Morgan fingerprint density at radius 2 is 0.517 bits per heavy atom. The summed E-state index contributed by atoms with van der Waals surface area (Å²) in [4.78, 5) is 175. The molecule has 0 unspecified atom stereocenters. The van der Waals surface area contributed by atoms with Crippen molar-refractivity contribution in [2.24, 2.45) is 35.5 Å². The highest BCUT2D eigenvalue weighted by molar-refractivity contribution is 6.14. The Hall–Kier alpha value is -16.4. The monoisotopic (exact) mass is 1940 g/mol. The van der Waals surface area contributed by atoms with E-state index in [0.29, 0.717) is 177 Å². The number of fused-ring (bicyclic) bond motifs is 6. The van der Waals surface area contributed by atoms with Crippen molar-refractivity contribution in [3.63, 3.8) is 0 Å². The molecule has 0 aliphatic rings. The van der Waals surface area contributed by atoms with Crippen LogP contribution < -0.4 is 100 Å². The van der Waals surface area contributed by atoms with E-state index in [9.17, 15) is 47.9 Å².